The lowest BCUT2D eigenvalue weighted by Gasteiger charge is -2.29. The Morgan fingerprint density at radius 2 is 2.09 bits per heavy atom. The molecule has 0 bridgehead atoms. The van der Waals surface area contributed by atoms with Crippen LogP contribution in [0.3, 0.4) is 0 Å². The average Bonchev–Trinajstić information content (AvgIpc) is 3.25. The van der Waals surface area contributed by atoms with Gasteiger partial charge in [-0.25, -0.2) is 8.42 Å². The second-order valence-electron chi connectivity index (χ2n) is 6.18. The molecule has 1 aliphatic heterocycles. The molecule has 1 unspecified atom stereocenters. The van der Waals surface area contributed by atoms with E-state index in [4.69, 9.17) is 4.74 Å². The summed E-state index contributed by atoms with van der Waals surface area (Å²) in [5.74, 6) is 0. The molecular weight excluding hydrogens is 302 g/mol. The molecule has 1 aromatic rings. The van der Waals surface area contributed by atoms with Gasteiger partial charge in [-0.05, 0) is 32.6 Å². The maximum absolute atomic E-state index is 13.1. The van der Waals surface area contributed by atoms with Crippen LogP contribution in [0.4, 0.5) is 0 Å². The smallest absolute Gasteiger partial charge is 0.246 e. The van der Waals surface area contributed by atoms with Crippen molar-refractivity contribution in [3.05, 3.63) is 12.4 Å². The number of ether oxygens (including phenoxy) is 1. The van der Waals surface area contributed by atoms with Crippen LogP contribution in [0.2, 0.25) is 0 Å². The van der Waals surface area contributed by atoms with Crippen LogP contribution in [0.25, 0.3) is 0 Å². The third-order valence-electron chi connectivity index (χ3n) is 4.68. The van der Waals surface area contributed by atoms with Gasteiger partial charge in [-0.3, -0.25) is 4.68 Å². The molecule has 1 aromatic heterocycles. The predicted octanol–water partition coefficient (Wildman–Crippen LogP) is 2.02. The minimum atomic E-state index is -3.49. The van der Waals surface area contributed by atoms with Gasteiger partial charge in [0.2, 0.25) is 10.0 Å². The van der Waals surface area contributed by atoms with E-state index in [0.717, 1.165) is 45.1 Å². The molecule has 0 radical (unpaired) electrons. The van der Waals surface area contributed by atoms with Crippen molar-refractivity contribution in [2.24, 2.45) is 0 Å². The van der Waals surface area contributed by atoms with Gasteiger partial charge in [0.05, 0.1) is 12.3 Å². The third-order valence-corrected chi connectivity index (χ3v) is 6.55. The number of rotatable bonds is 6. The quantitative estimate of drug-likeness (QED) is 0.802. The molecule has 1 atom stereocenters. The first-order valence-electron chi connectivity index (χ1n) is 8.27. The fraction of sp³-hybridized carbons (Fsp3) is 0.800. The van der Waals surface area contributed by atoms with E-state index in [9.17, 15) is 8.42 Å². The molecule has 0 spiro atoms. The van der Waals surface area contributed by atoms with Crippen molar-refractivity contribution in [1.29, 1.82) is 0 Å². The standard InChI is InChI=1S/C15H25N3O3S/c1-2-17-12-15(10-16-17)22(19,20)18(13-6-3-4-7-13)11-14-8-5-9-21-14/h10,12-14H,2-9,11H2,1H3. The predicted molar refractivity (Wildman–Crippen MR) is 83.0 cm³/mol. The molecule has 6 nitrogen and oxygen atoms in total. The summed E-state index contributed by atoms with van der Waals surface area (Å²) in [6, 6.07) is 0.110. The van der Waals surface area contributed by atoms with Crippen LogP contribution in [0.1, 0.15) is 45.4 Å². The number of hydrogen-bond acceptors (Lipinski definition) is 4. The zero-order valence-electron chi connectivity index (χ0n) is 13.1. The average molecular weight is 327 g/mol. The molecule has 0 aromatic carbocycles. The van der Waals surface area contributed by atoms with E-state index in [2.05, 4.69) is 5.10 Å². The zero-order chi connectivity index (χ0) is 15.6. The maximum Gasteiger partial charge on any atom is 0.246 e. The lowest BCUT2D eigenvalue weighted by atomic mass is 10.2. The molecule has 1 saturated heterocycles. The second kappa shape index (κ2) is 6.68. The van der Waals surface area contributed by atoms with Gasteiger partial charge in [0.1, 0.15) is 4.90 Å². The Morgan fingerprint density at radius 3 is 2.68 bits per heavy atom. The first-order valence-corrected chi connectivity index (χ1v) is 9.71. The zero-order valence-corrected chi connectivity index (χ0v) is 14.0. The van der Waals surface area contributed by atoms with Crippen LogP contribution >= 0.6 is 0 Å². The lowest BCUT2D eigenvalue weighted by molar-refractivity contribution is 0.0861. The fourth-order valence-electron chi connectivity index (χ4n) is 3.41. The summed E-state index contributed by atoms with van der Waals surface area (Å²) in [4.78, 5) is 0.305. The molecular formula is C15H25N3O3S. The van der Waals surface area contributed by atoms with Gasteiger partial charge < -0.3 is 4.74 Å². The van der Waals surface area contributed by atoms with Crippen molar-refractivity contribution in [3.63, 3.8) is 0 Å². The monoisotopic (exact) mass is 327 g/mol. The highest BCUT2D eigenvalue weighted by Gasteiger charge is 2.36. The molecule has 3 rings (SSSR count). The van der Waals surface area contributed by atoms with Gasteiger partial charge in [-0.1, -0.05) is 12.8 Å². The van der Waals surface area contributed by atoms with E-state index >= 15 is 0 Å². The normalized spacial score (nSPS) is 23.6. The van der Waals surface area contributed by atoms with Gasteiger partial charge in [0.15, 0.2) is 0 Å². The highest BCUT2D eigenvalue weighted by atomic mass is 32.2. The van der Waals surface area contributed by atoms with Crippen molar-refractivity contribution in [3.8, 4) is 0 Å². The molecule has 7 heteroatoms. The minimum absolute atomic E-state index is 0.0385. The Labute approximate surface area is 132 Å². The Bertz CT molecular complexity index is 587. The first-order chi connectivity index (χ1) is 10.6. The number of hydrogen-bond donors (Lipinski definition) is 0. The number of sulfonamides is 1. The van der Waals surface area contributed by atoms with Gasteiger partial charge in [0, 0.05) is 31.9 Å². The summed E-state index contributed by atoms with van der Waals surface area (Å²) in [7, 11) is -3.49. The molecule has 1 aliphatic carbocycles. The van der Waals surface area contributed by atoms with Gasteiger partial charge in [-0.15, -0.1) is 0 Å². The fourth-order valence-corrected chi connectivity index (χ4v) is 5.08. The van der Waals surface area contributed by atoms with Crippen LogP contribution in [-0.4, -0.2) is 47.8 Å². The number of nitrogens with zero attached hydrogens (tertiary/aromatic N) is 3. The van der Waals surface area contributed by atoms with Gasteiger partial charge in [0.25, 0.3) is 0 Å². The van der Waals surface area contributed by atoms with E-state index in [0.29, 0.717) is 18.0 Å². The Hall–Kier alpha value is -0.920. The van der Waals surface area contributed by atoms with Crippen LogP contribution in [0.5, 0.6) is 0 Å². The summed E-state index contributed by atoms with van der Waals surface area (Å²) in [5.41, 5.74) is 0. The summed E-state index contributed by atoms with van der Waals surface area (Å²) < 4.78 is 35.1. The topological polar surface area (TPSA) is 64.4 Å². The van der Waals surface area contributed by atoms with Crippen LogP contribution < -0.4 is 0 Å². The van der Waals surface area contributed by atoms with E-state index in [-0.39, 0.29) is 12.1 Å². The second-order valence-corrected chi connectivity index (χ2v) is 8.07. The van der Waals surface area contributed by atoms with E-state index < -0.39 is 10.0 Å². The Balaban J connectivity index is 1.85. The summed E-state index contributed by atoms with van der Waals surface area (Å²) in [5, 5.41) is 4.12. The van der Waals surface area contributed by atoms with Gasteiger partial charge >= 0.3 is 0 Å². The van der Waals surface area contributed by atoms with Crippen molar-refractivity contribution in [1.82, 2.24) is 14.1 Å². The van der Waals surface area contributed by atoms with Crippen LogP contribution in [0, 0.1) is 0 Å². The highest BCUT2D eigenvalue weighted by Crippen LogP contribution is 2.30. The Morgan fingerprint density at radius 1 is 1.32 bits per heavy atom. The maximum atomic E-state index is 13.1. The lowest BCUT2D eigenvalue weighted by Crippen LogP contribution is -2.43. The summed E-state index contributed by atoms with van der Waals surface area (Å²) in [6.45, 7) is 3.84. The summed E-state index contributed by atoms with van der Waals surface area (Å²) >= 11 is 0. The number of aryl methyl sites for hydroxylation is 1. The molecule has 0 amide bonds. The molecule has 124 valence electrons. The van der Waals surface area contributed by atoms with Gasteiger partial charge in [-0.2, -0.15) is 9.40 Å². The van der Waals surface area contributed by atoms with E-state index in [1.807, 2.05) is 6.92 Å². The highest BCUT2D eigenvalue weighted by molar-refractivity contribution is 7.89. The SMILES string of the molecule is CCn1cc(S(=O)(=O)N(CC2CCCO2)C2CCCC2)cn1. The molecule has 1 saturated carbocycles. The number of aromatic nitrogens is 2. The van der Waals surface area contributed by atoms with Crippen LogP contribution in [0.15, 0.2) is 17.3 Å². The summed E-state index contributed by atoms with van der Waals surface area (Å²) in [6.07, 6.45) is 9.23. The Kier molecular flexibility index (Phi) is 4.84. The van der Waals surface area contributed by atoms with Crippen molar-refractivity contribution in [2.75, 3.05) is 13.2 Å². The van der Waals surface area contributed by atoms with Crippen LogP contribution in [-0.2, 0) is 21.3 Å². The van der Waals surface area contributed by atoms with Crippen molar-refractivity contribution in [2.45, 2.75) is 69.0 Å². The molecule has 2 fully saturated rings. The molecule has 22 heavy (non-hydrogen) atoms. The minimum Gasteiger partial charge on any atom is -0.377 e. The third kappa shape index (κ3) is 3.21. The molecule has 0 N–H and O–H groups in total. The van der Waals surface area contributed by atoms with E-state index in [1.165, 1.54) is 6.20 Å². The first kappa shape index (κ1) is 16.0. The van der Waals surface area contributed by atoms with Crippen molar-refractivity contribution < 1.29 is 13.2 Å². The van der Waals surface area contributed by atoms with E-state index in [1.54, 1.807) is 15.2 Å². The van der Waals surface area contributed by atoms with Crippen molar-refractivity contribution >= 4 is 10.0 Å². The largest absolute Gasteiger partial charge is 0.377 e. The molecule has 2 aliphatic rings. The molecule has 2 heterocycles.